The second kappa shape index (κ2) is 8.98. The number of hydrogen-bond acceptors (Lipinski definition) is 2. The minimum absolute atomic E-state index is 0.447. The van der Waals surface area contributed by atoms with Gasteiger partial charge in [0.05, 0.1) is 7.11 Å². The number of ether oxygens (including phenoxy) is 1. The monoisotopic (exact) mass is 263 g/mol. The number of rotatable bonds is 9. The lowest BCUT2D eigenvalue weighted by Gasteiger charge is -2.23. The average Bonchev–Trinajstić information content (AvgIpc) is 2.45. The van der Waals surface area contributed by atoms with Gasteiger partial charge < -0.3 is 10.1 Å². The quantitative estimate of drug-likeness (QED) is 0.652. The first-order valence-electron chi connectivity index (χ1n) is 7.61. The van der Waals surface area contributed by atoms with E-state index in [9.17, 15) is 0 Å². The van der Waals surface area contributed by atoms with Crippen LogP contribution in [0.2, 0.25) is 0 Å². The van der Waals surface area contributed by atoms with E-state index in [2.05, 4.69) is 38.2 Å². The molecule has 1 rings (SSSR count). The van der Waals surface area contributed by atoms with Gasteiger partial charge in [0.2, 0.25) is 0 Å². The molecule has 2 atom stereocenters. The summed E-state index contributed by atoms with van der Waals surface area (Å²) in [5.74, 6) is 0.926. The molecular formula is C17H29NO. The minimum Gasteiger partial charge on any atom is -0.497 e. The minimum atomic E-state index is 0.447. The predicted molar refractivity (Wildman–Crippen MR) is 82.8 cm³/mol. The van der Waals surface area contributed by atoms with Crippen LogP contribution in [0.25, 0.3) is 0 Å². The zero-order chi connectivity index (χ0) is 14.1. The van der Waals surface area contributed by atoms with Crippen LogP contribution in [0, 0.1) is 0 Å². The summed E-state index contributed by atoms with van der Waals surface area (Å²) in [4.78, 5) is 0. The first-order chi connectivity index (χ1) is 9.21. The van der Waals surface area contributed by atoms with Crippen molar-refractivity contribution in [1.29, 1.82) is 0 Å². The van der Waals surface area contributed by atoms with Crippen molar-refractivity contribution in [3.63, 3.8) is 0 Å². The molecule has 0 spiro atoms. The van der Waals surface area contributed by atoms with Crippen LogP contribution in [0.3, 0.4) is 0 Å². The summed E-state index contributed by atoms with van der Waals surface area (Å²) in [7, 11) is 1.71. The zero-order valence-electron chi connectivity index (χ0n) is 12.9. The summed E-state index contributed by atoms with van der Waals surface area (Å²) in [6, 6.07) is 9.45. The highest BCUT2D eigenvalue weighted by Crippen LogP contribution is 2.21. The lowest BCUT2D eigenvalue weighted by Crippen LogP contribution is -2.30. The van der Waals surface area contributed by atoms with Crippen molar-refractivity contribution >= 4 is 0 Å². The third-order valence-electron chi connectivity index (χ3n) is 3.65. The van der Waals surface area contributed by atoms with Gasteiger partial charge in [0, 0.05) is 12.1 Å². The number of benzene rings is 1. The molecule has 0 radical (unpaired) electrons. The standard InChI is InChI=1S/C17H29NO/c1-5-7-8-9-14(3)18-17(6-2)15-10-12-16(19-4)13-11-15/h10-14,17-18H,5-9H2,1-4H3. The fraction of sp³-hybridized carbons (Fsp3) is 0.647. The molecule has 108 valence electrons. The predicted octanol–water partition coefficient (Wildman–Crippen LogP) is 4.70. The highest BCUT2D eigenvalue weighted by atomic mass is 16.5. The second-order valence-corrected chi connectivity index (χ2v) is 5.30. The van der Waals surface area contributed by atoms with E-state index >= 15 is 0 Å². The second-order valence-electron chi connectivity index (χ2n) is 5.30. The topological polar surface area (TPSA) is 21.3 Å². The molecule has 0 fully saturated rings. The van der Waals surface area contributed by atoms with Gasteiger partial charge in [-0.25, -0.2) is 0 Å². The SMILES string of the molecule is CCCCCC(C)NC(CC)c1ccc(OC)cc1. The normalized spacial score (nSPS) is 14.1. The van der Waals surface area contributed by atoms with Crippen molar-refractivity contribution in [2.45, 2.75) is 65.0 Å². The Kier molecular flexibility index (Phi) is 7.57. The van der Waals surface area contributed by atoms with Crippen LogP contribution in [-0.2, 0) is 0 Å². The van der Waals surface area contributed by atoms with Crippen LogP contribution in [-0.4, -0.2) is 13.2 Å². The summed E-state index contributed by atoms with van der Waals surface area (Å²) < 4.78 is 5.21. The van der Waals surface area contributed by atoms with E-state index in [1.807, 2.05) is 12.1 Å². The Balaban J connectivity index is 2.51. The highest BCUT2D eigenvalue weighted by molar-refractivity contribution is 5.29. The van der Waals surface area contributed by atoms with Gasteiger partial charge in [0.1, 0.15) is 5.75 Å². The first-order valence-corrected chi connectivity index (χ1v) is 7.61. The fourth-order valence-corrected chi connectivity index (χ4v) is 2.41. The average molecular weight is 263 g/mol. The molecule has 0 aliphatic heterocycles. The molecule has 0 aromatic heterocycles. The lowest BCUT2D eigenvalue weighted by molar-refractivity contribution is 0.408. The Hall–Kier alpha value is -1.02. The van der Waals surface area contributed by atoms with E-state index in [0.717, 1.165) is 12.2 Å². The summed E-state index contributed by atoms with van der Waals surface area (Å²) in [6.45, 7) is 6.78. The van der Waals surface area contributed by atoms with Gasteiger partial charge in [0.15, 0.2) is 0 Å². The van der Waals surface area contributed by atoms with Gasteiger partial charge in [-0.3, -0.25) is 0 Å². The number of unbranched alkanes of at least 4 members (excludes halogenated alkanes) is 2. The molecule has 0 amide bonds. The number of methoxy groups -OCH3 is 1. The third kappa shape index (κ3) is 5.65. The Labute approximate surface area is 118 Å². The Morgan fingerprint density at radius 2 is 1.79 bits per heavy atom. The third-order valence-corrected chi connectivity index (χ3v) is 3.65. The first kappa shape index (κ1) is 16.0. The molecule has 0 heterocycles. The number of hydrogen-bond donors (Lipinski definition) is 1. The van der Waals surface area contributed by atoms with E-state index in [0.29, 0.717) is 12.1 Å². The van der Waals surface area contributed by atoms with Gasteiger partial charge >= 0.3 is 0 Å². The molecule has 0 saturated heterocycles. The van der Waals surface area contributed by atoms with E-state index in [1.165, 1.54) is 31.2 Å². The van der Waals surface area contributed by atoms with Crippen LogP contribution in [0.5, 0.6) is 5.75 Å². The largest absolute Gasteiger partial charge is 0.497 e. The molecule has 0 bridgehead atoms. The van der Waals surface area contributed by atoms with Crippen LogP contribution >= 0.6 is 0 Å². The van der Waals surface area contributed by atoms with E-state index in [1.54, 1.807) is 7.11 Å². The van der Waals surface area contributed by atoms with Gasteiger partial charge in [-0.2, -0.15) is 0 Å². The van der Waals surface area contributed by atoms with Crippen molar-refractivity contribution < 1.29 is 4.74 Å². The maximum Gasteiger partial charge on any atom is 0.118 e. The van der Waals surface area contributed by atoms with Crippen LogP contribution in [0.1, 0.15) is 64.5 Å². The molecule has 19 heavy (non-hydrogen) atoms. The molecule has 1 N–H and O–H groups in total. The van der Waals surface area contributed by atoms with Gasteiger partial charge in [-0.05, 0) is 37.5 Å². The highest BCUT2D eigenvalue weighted by Gasteiger charge is 2.12. The lowest BCUT2D eigenvalue weighted by atomic mass is 10.0. The van der Waals surface area contributed by atoms with E-state index in [4.69, 9.17) is 4.74 Å². The van der Waals surface area contributed by atoms with Crippen LogP contribution in [0.15, 0.2) is 24.3 Å². The van der Waals surface area contributed by atoms with Crippen molar-refractivity contribution in [2.75, 3.05) is 7.11 Å². The molecule has 1 aromatic rings. The van der Waals surface area contributed by atoms with Crippen molar-refractivity contribution in [2.24, 2.45) is 0 Å². The smallest absolute Gasteiger partial charge is 0.118 e. The van der Waals surface area contributed by atoms with Crippen molar-refractivity contribution in [3.05, 3.63) is 29.8 Å². The molecule has 0 aliphatic carbocycles. The molecule has 0 saturated carbocycles. The summed E-state index contributed by atoms with van der Waals surface area (Å²) >= 11 is 0. The molecule has 0 aliphatic rings. The molecular weight excluding hydrogens is 234 g/mol. The van der Waals surface area contributed by atoms with Crippen molar-refractivity contribution in [3.8, 4) is 5.75 Å². The zero-order valence-corrected chi connectivity index (χ0v) is 12.9. The van der Waals surface area contributed by atoms with Crippen LogP contribution in [0.4, 0.5) is 0 Å². The summed E-state index contributed by atoms with van der Waals surface area (Å²) in [6.07, 6.45) is 6.34. The van der Waals surface area contributed by atoms with E-state index < -0.39 is 0 Å². The maximum atomic E-state index is 5.21. The Morgan fingerprint density at radius 1 is 1.11 bits per heavy atom. The maximum absolute atomic E-state index is 5.21. The van der Waals surface area contributed by atoms with Crippen LogP contribution < -0.4 is 10.1 Å². The van der Waals surface area contributed by atoms with Gasteiger partial charge in [-0.15, -0.1) is 0 Å². The Bertz CT molecular complexity index is 334. The summed E-state index contributed by atoms with van der Waals surface area (Å²) in [5.41, 5.74) is 1.35. The van der Waals surface area contributed by atoms with Gasteiger partial charge in [0.25, 0.3) is 0 Å². The molecule has 2 nitrogen and oxygen atoms in total. The van der Waals surface area contributed by atoms with Crippen molar-refractivity contribution in [1.82, 2.24) is 5.32 Å². The number of nitrogens with one attached hydrogen (secondary N) is 1. The van der Waals surface area contributed by atoms with E-state index in [-0.39, 0.29) is 0 Å². The molecule has 2 unspecified atom stereocenters. The molecule has 1 aromatic carbocycles. The fourth-order valence-electron chi connectivity index (χ4n) is 2.41. The van der Waals surface area contributed by atoms with Gasteiger partial charge in [-0.1, -0.05) is 45.2 Å². The summed E-state index contributed by atoms with van der Waals surface area (Å²) in [5, 5.41) is 3.74. The Morgan fingerprint density at radius 3 is 2.32 bits per heavy atom. The molecule has 2 heteroatoms.